The minimum absolute atomic E-state index is 0.323. The zero-order valence-electron chi connectivity index (χ0n) is 28.2. The molecule has 0 aliphatic heterocycles. The average Bonchev–Trinajstić information content (AvgIpc) is 3.65. The van der Waals surface area contributed by atoms with E-state index in [2.05, 4.69) is 199 Å². The van der Waals surface area contributed by atoms with Gasteiger partial charge in [-0.25, -0.2) is 0 Å². The molecule has 8 aromatic carbocycles. The largest absolute Gasteiger partial charge is 0.313 e. The van der Waals surface area contributed by atoms with Gasteiger partial charge in [0.25, 0.3) is 0 Å². The van der Waals surface area contributed by atoms with Gasteiger partial charge in [0.05, 0.1) is 5.69 Å². The predicted molar refractivity (Wildman–Crippen MR) is 218 cm³/mol. The lowest BCUT2D eigenvalue weighted by Gasteiger charge is -2.20. The van der Waals surface area contributed by atoms with E-state index in [4.69, 9.17) is 0 Å². The molecule has 0 N–H and O–H groups in total. The standard InChI is InChI=1S/C50H35N/c1-3-13-36(14-4-1)49-27-28-50(37-15-5-2-6-16-37)51(49)44-24-23-40-32-47-45(41-21-19-34-11-7-9-17-38(34)29-41)25-26-46(48(47)33-43(40)31-44)42-22-20-35-12-8-10-18-39(35)30-42/h1-15,17-33,37H,16H2. The summed E-state index contributed by atoms with van der Waals surface area (Å²) in [5, 5.41) is 10.0. The Morgan fingerprint density at radius 1 is 0.412 bits per heavy atom. The van der Waals surface area contributed by atoms with Gasteiger partial charge in [0.2, 0.25) is 0 Å². The van der Waals surface area contributed by atoms with E-state index >= 15 is 0 Å². The first-order valence-corrected chi connectivity index (χ1v) is 17.9. The van der Waals surface area contributed by atoms with Crippen molar-refractivity contribution in [1.82, 2.24) is 4.57 Å². The van der Waals surface area contributed by atoms with Crippen molar-refractivity contribution in [3.63, 3.8) is 0 Å². The highest BCUT2D eigenvalue weighted by molar-refractivity contribution is 6.12. The molecule has 9 aromatic rings. The molecule has 1 heterocycles. The third kappa shape index (κ3) is 5.18. The van der Waals surface area contributed by atoms with Crippen LogP contribution in [0.5, 0.6) is 0 Å². The number of hydrogen-bond acceptors (Lipinski definition) is 0. The number of benzene rings is 8. The van der Waals surface area contributed by atoms with Crippen molar-refractivity contribution in [2.24, 2.45) is 0 Å². The summed E-state index contributed by atoms with van der Waals surface area (Å²) in [5.41, 5.74) is 9.89. The van der Waals surface area contributed by atoms with Gasteiger partial charge in [-0.1, -0.05) is 146 Å². The fourth-order valence-electron chi connectivity index (χ4n) is 8.10. The zero-order chi connectivity index (χ0) is 33.7. The second-order valence-corrected chi connectivity index (χ2v) is 13.7. The summed E-state index contributed by atoms with van der Waals surface area (Å²) in [6, 6.07) is 62.8. The fraction of sp³-hybridized carbons (Fsp3) is 0.0400. The molecule has 1 nitrogen and oxygen atoms in total. The van der Waals surface area contributed by atoms with Crippen molar-refractivity contribution >= 4 is 43.1 Å². The lowest BCUT2D eigenvalue weighted by Crippen LogP contribution is -2.07. The van der Waals surface area contributed by atoms with E-state index in [9.17, 15) is 0 Å². The molecule has 1 unspecified atom stereocenters. The molecule has 0 radical (unpaired) electrons. The summed E-state index contributed by atoms with van der Waals surface area (Å²) < 4.78 is 2.48. The number of fused-ring (bicyclic) bond motifs is 4. The Balaban J connectivity index is 1.21. The van der Waals surface area contributed by atoms with Crippen LogP contribution >= 0.6 is 0 Å². The van der Waals surface area contributed by atoms with Crippen LogP contribution in [-0.4, -0.2) is 4.57 Å². The van der Waals surface area contributed by atoms with Gasteiger partial charge in [-0.3, -0.25) is 0 Å². The highest BCUT2D eigenvalue weighted by Crippen LogP contribution is 2.41. The maximum atomic E-state index is 2.48. The molecule has 0 saturated heterocycles. The van der Waals surface area contributed by atoms with Gasteiger partial charge in [0, 0.05) is 17.3 Å². The van der Waals surface area contributed by atoms with Crippen LogP contribution in [0.2, 0.25) is 0 Å². The first-order valence-electron chi connectivity index (χ1n) is 17.9. The van der Waals surface area contributed by atoms with Gasteiger partial charge in [-0.15, -0.1) is 0 Å². The van der Waals surface area contributed by atoms with E-state index in [1.54, 1.807) is 0 Å². The second kappa shape index (κ2) is 12.2. The maximum Gasteiger partial charge on any atom is 0.0531 e. The van der Waals surface area contributed by atoms with E-state index in [0.717, 1.165) is 6.42 Å². The average molecular weight is 650 g/mol. The van der Waals surface area contributed by atoms with Crippen molar-refractivity contribution in [2.75, 3.05) is 0 Å². The van der Waals surface area contributed by atoms with Gasteiger partial charge in [-0.2, -0.15) is 0 Å². The fourth-order valence-corrected chi connectivity index (χ4v) is 8.10. The van der Waals surface area contributed by atoms with Gasteiger partial charge in [0.15, 0.2) is 0 Å². The first kappa shape index (κ1) is 29.5. The molecule has 1 aliphatic carbocycles. The summed E-state index contributed by atoms with van der Waals surface area (Å²) in [5.74, 6) is 0.323. The van der Waals surface area contributed by atoms with Crippen molar-refractivity contribution in [3.8, 4) is 39.2 Å². The predicted octanol–water partition coefficient (Wildman–Crippen LogP) is 13.7. The third-order valence-corrected chi connectivity index (χ3v) is 10.7. The molecule has 240 valence electrons. The molecule has 0 bridgehead atoms. The summed E-state index contributed by atoms with van der Waals surface area (Å²) >= 11 is 0. The van der Waals surface area contributed by atoms with E-state index in [0.29, 0.717) is 5.92 Å². The van der Waals surface area contributed by atoms with Crippen LogP contribution in [0, 0.1) is 0 Å². The molecule has 51 heavy (non-hydrogen) atoms. The van der Waals surface area contributed by atoms with Crippen LogP contribution < -0.4 is 0 Å². The Hall–Kier alpha value is -6.44. The SMILES string of the molecule is C1=CCC(c2ccc(-c3ccccc3)n2-c2ccc3cc4c(-c5ccc6ccccc6c5)ccc(-c5ccc6ccccc6c5)c4cc3c2)C=C1. The molecule has 0 saturated carbocycles. The van der Waals surface area contributed by atoms with Crippen LogP contribution in [0.3, 0.4) is 0 Å². The van der Waals surface area contributed by atoms with Crippen LogP contribution in [0.1, 0.15) is 18.0 Å². The summed E-state index contributed by atoms with van der Waals surface area (Å²) in [6.07, 6.45) is 9.95. The van der Waals surface area contributed by atoms with Crippen molar-refractivity contribution in [3.05, 3.63) is 200 Å². The van der Waals surface area contributed by atoms with Gasteiger partial charge < -0.3 is 4.57 Å². The molecule has 10 rings (SSSR count). The molecule has 1 aliphatic rings. The Kier molecular flexibility index (Phi) is 7.03. The monoisotopic (exact) mass is 649 g/mol. The lowest BCUT2D eigenvalue weighted by atomic mass is 9.89. The molecule has 0 amide bonds. The molecule has 1 heteroatoms. The minimum atomic E-state index is 0.323. The molecular weight excluding hydrogens is 615 g/mol. The Labute approximate surface area is 298 Å². The van der Waals surface area contributed by atoms with Crippen molar-refractivity contribution in [1.29, 1.82) is 0 Å². The van der Waals surface area contributed by atoms with E-state index < -0.39 is 0 Å². The summed E-state index contributed by atoms with van der Waals surface area (Å²) in [7, 11) is 0. The highest BCUT2D eigenvalue weighted by atomic mass is 15.0. The van der Waals surface area contributed by atoms with E-state index in [1.807, 2.05) is 0 Å². The van der Waals surface area contributed by atoms with Crippen LogP contribution in [-0.2, 0) is 0 Å². The Morgan fingerprint density at radius 2 is 1.00 bits per heavy atom. The normalized spacial score (nSPS) is 14.2. The van der Waals surface area contributed by atoms with Gasteiger partial charge in [0.1, 0.15) is 0 Å². The third-order valence-electron chi connectivity index (χ3n) is 10.7. The topological polar surface area (TPSA) is 4.93 Å². The van der Waals surface area contributed by atoms with E-state index in [1.165, 1.54) is 88.0 Å². The zero-order valence-corrected chi connectivity index (χ0v) is 28.2. The van der Waals surface area contributed by atoms with Gasteiger partial charge >= 0.3 is 0 Å². The summed E-state index contributed by atoms with van der Waals surface area (Å²) in [4.78, 5) is 0. The van der Waals surface area contributed by atoms with Crippen LogP contribution in [0.15, 0.2) is 194 Å². The number of aromatic nitrogens is 1. The first-order chi connectivity index (χ1) is 25.3. The van der Waals surface area contributed by atoms with Crippen LogP contribution in [0.25, 0.3) is 82.3 Å². The van der Waals surface area contributed by atoms with Crippen molar-refractivity contribution < 1.29 is 0 Å². The number of nitrogens with zero attached hydrogens (tertiary/aromatic N) is 1. The van der Waals surface area contributed by atoms with Gasteiger partial charge in [-0.05, 0) is 126 Å². The van der Waals surface area contributed by atoms with Crippen molar-refractivity contribution in [2.45, 2.75) is 12.3 Å². The quantitative estimate of drug-likeness (QED) is 0.164. The number of hydrogen-bond donors (Lipinski definition) is 0. The molecule has 0 spiro atoms. The lowest BCUT2D eigenvalue weighted by molar-refractivity contribution is 0.786. The van der Waals surface area contributed by atoms with Crippen LogP contribution in [0.4, 0.5) is 0 Å². The second-order valence-electron chi connectivity index (χ2n) is 13.7. The smallest absolute Gasteiger partial charge is 0.0531 e. The molecular formula is C50H35N. The molecule has 1 aromatic heterocycles. The summed E-state index contributed by atoms with van der Waals surface area (Å²) in [6.45, 7) is 0. The Morgan fingerprint density at radius 3 is 1.65 bits per heavy atom. The minimum Gasteiger partial charge on any atom is -0.313 e. The van der Waals surface area contributed by atoms with E-state index in [-0.39, 0.29) is 0 Å². The molecule has 0 fully saturated rings. The highest BCUT2D eigenvalue weighted by Gasteiger charge is 2.19. The molecule has 1 atom stereocenters. The number of rotatable bonds is 5. The number of allylic oxidation sites excluding steroid dienone is 4. The maximum absolute atomic E-state index is 2.48. The Bertz CT molecular complexity index is 2830.